The van der Waals surface area contributed by atoms with Crippen LogP contribution in [-0.2, 0) is 0 Å². The SMILES string of the molecule is Cc1cc(OC(=O)c2ccc(Br)cc2)n(-c2nc3ccccc3[nH]2)n1. The van der Waals surface area contributed by atoms with Crippen molar-refractivity contribution in [1.29, 1.82) is 0 Å². The van der Waals surface area contributed by atoms with Crippen LogP contribution in [0.25, 0.3) is 17.0 Å². The maximum absolute atomic E-state index is 12.4. The summed E-state index contributed by atoms with van der Waals surface area (Å²) >= 11 is 3.35. The molecule has 7 heteroatoms. The van der Waals surface area contributed by atoms with Gasteiger partial charge in [0.1, 0.15) is 0 Å². The van der Waals surface area contributed by atoms with E-state index in [1.54, 1.807) is 30.3 Å². The van der Waals surface area contributed by atoms with Gasteiger partial charge in [0.2, 0.25) is 11.8 Å². The number of aryl methyl sites for hydroxylation is 1. The first-order valence-electron chi connectivity index (χ1n) is 7.60. The summed E-state index contributed by atoms with van der Waals surface area (Å²) < 4.78 is 7.92. The summed E-state index contributed by atoms with van der Waals surface area (Å²) in [5, 5.41) is 4.38. The molecule has 0 aliphatic rings. The first-order valence-corrected chi connectivity index (χ1v) is 8.39. The molecule has 0 radical (unpaired) electrons. The summed E-state index contributed by atoms with van der Waals surface area (Å²) in [6, 6.07) is 16.3. The molecule has 0 saturated heterocycles. The lowest BCUT2D eigenvalue weighted by atomic mass is 10.2. The number of carbonyl (C=O) groups is 1. The molecule has 2 heterocycles. The summed E-state index contributed by atoms with van der Waals surface area (Å²) in [6.07, 6.45) is 0. The molecule has 1 N–H and O–H groups in total. The molecule has 4 aromatic rings. The molecule has 0 saturated carbocycles. The van der Waals surface area contributed by atoms with Gasteiger partial charge >= 0.3 is 5.97 Å². The lowest BCUT2D eigenvalue weighted by Gasteiger charge is -2.05. The molecule has 0 amide bonds. The molecule has 0 atom stereocenters. The predicted octanol–water partition coefficient (Wildman–Crippen LogP) is 4.04. The van der Waals surface area contributed by atoms with Crippen LogP contribution >= 0.6 is 15.9 Å². The van der Waals surface area contributed by atoms with Crippen LogP contribution in [0.15, 0.2) is 59.1 Å². The Hall–Kier alpha value is -2.93. The number of nitrogens with zero attached hydrogens (tertiary/aromatic N) is 3. The molecule has 2 aromatic heterocycles. The summed E-state index contributed by atoms with van der Waals surface area (Å²) in [4.78, 5) is 20.1. The molecule has 124 valence electrons. The molecule has 6 nitrogen and oxygen atoms in total. The maximum atomic E-state index is 12.4. The zero-order chi connectivity index (χ0) is 17.4. The lowest BCUT2D eigenvalue weighted by Crippen LogP contribution is -2.12. The van der Waals surface area contributed by atoms with Crippen LogP contribution in [0.3, 0.4) is 0 Å². The highest BCUT2D eigenvalue weighted by Gasteiger charge is 2.17. The van der Waals surface area contributed by atoms with Crippen LogP contribution in [0, 0.1) is 6.92 Å². The summed E-state index contributed by atoms with van der Waals surface area (Å²) in [5.41, 5.74) is 2.88. The van der Waals surface area contributed by atoms with Gasteiger partial charge in [-0.05, 0) is 43.3 Å². The molecule has 0 aliphatic carbocycles. The van der Waals surface area contributed by atoms with Crippen LogP contribution in [0.1, 0.15) is 16.1 Å². The largest absolute Gasteiger partial charge is 0.404 e. The van der Waals surface area contributed by atoms with Crippen molar-refractivity contribution in [2.45, 2.75) is 6.92 Å². The van der Waals surface area contributed by atoms with Gasteiger partial charge in [-0.25, -0.2) is 9.78 Å². The van der Waals surface area contributed by atoms with Crippen molar-refractivity contribution in [3.05, 3.63) is 70.3 Å². The number of aromatic nitrogens is 4. The third kappa shape index (κ3) is 3.06. The number of esters is 1. The van der Waals surface area contributed by atoms with Crippen LogP contribution < -0.4 is 4.74 Å². The van der Waals surface area contributed by atoms with Crippen molar-refractivity contribution >= 4 is 32.9 Å². The Kier molecular flexibility index (Phi) is 3.85. The number of para-hydroxylation sites is 2. The third-order valence-corrected chi connectivity index (χ3v) is 4.18. The Morgan fingerprint density at radius 3 is 2.68 bits per heavy atom. The molecular formula is C18H13BrN4O2. The number of ether oxygens (including phenoxy) is 1. The first-order chi connectivity index (χ1) is 12.1. The Labute approximate surface area is 151 Å². The van der Waals surface area contributed by atoms with Crippen molar-refractivity contribution < 1.29 is 9.53 Å². The number of imidazole rings is 1. The average molecular weight is 397 g/mol. The number of halogens is 1. The summed E-state index contributed by atoms with van der Waals surface area (Å²) in [6.45, 7) is 1.83. The van der Waals surface area contributed by atoms with Gasteiger partial charge < -0.3 is 9.72 Å². The number of aromatic amines is 1. The van der Waals surface area contributed by atoms with E-state index in [1.165, 1.54) is 4.68 Å². The Bertz CT molecular complexity index is 1030. The van der Waals surface area contributed by atoms with Crippen molar-refractivity contribution in [2.75, 3.05) is 0 Å². The molecule has 0 bridgehead atoms. The van der Waals surface area contributed by atoms with E-state index in [0.717, 1.165) is 21.2 Å². The second kappa shape index (κ2) is 6.18. The maximum Gasteiger partial charge on any atom is 0.344 e. The van der Waals surface area contributed by atoms with E-state index >= 15 is 0 Å². The van der Waals surface area contributed by atoms with Gasteiger partial charge in [-0.15, -0.1) is 0 Å². The number of rotatable bonds is 3. The Morgan fingerprint density at radius 1 is 1.16 bits per heavy atom. The molecule has 0 aliphatic heterocycles. The highest BCUT2D eigenvalue weighted by Crippen LogP contribution is 2.21. The summed E-state index contributed by atoms with van der Waals surface area (Å²) in [7, 11) is 0. The molecule has 2 aromatic carbocycles. The zero-order valence-corrected chi connectivity index (χ0v) is 14.8. The lowest BCUT2D eigenvalue weighted by molar-refractivity contribution is 0.0722. The van der Waals surface area contributed by atoms with Crippen LogP contribution in [0.4, 0.5) is 0 Å². The number of nitrogens with one attached hydrogen (secondary N) is 1. The Balaban J connectivity index is 1.69. The average Bonchev–Trinajstić information content (AvgIpc) is 3.18. The van der Waals surface area contributed by atoms with Gasteiger partial charge in [0.15, 0.2) is 0 Å². The number of fused-ring (bicyclic) bond motifs is 1. The van der Waals surface area contributed by atoms with E-state index in [4.69, 9.17) is 4.74 Å². The number of H-pyrrole nitrogens is 1. The smallest absolute Gasteiger partial charge is 0.344 e. The zero-order valence-electron chi connectivity index (χ0n) is 13.2. The van der Waals surface area contributed by atoms with E-state index in [9.17, 15) is 4.79 Å². The number of benzene rings is 2. The highest BCUT2D eigenvalue weighted by molar-refractivity contribution is 9.10. The summed E-state index contributed by atoms with van der Waals surface area (Å²) in [5.74, 6) is 0.349. The van der Waals surface area contributed by atoms with E-state index in [-0.39, 0.29) is 0 Å². The van der Waals surface area contributed by atoms with E-state index in [2.05, 4.69) is 31.0 Å². The topological polar surface area (TPSA) is 72.8 Å². The fourth-order valence-electron chi connectivity index (χ4n) is 2.48. The molecule has 25 heavy (non-hydrogen) atoms. The molecule has 4 rings (SSSR count). The fraction of sp³-hybridized carbons (Fsp3) is 0.0556. The van der Waals surface area contributed by atoms with E-state index in [0.29, 0.717) is 17.4 Å². The number of hydrogen-bond donors (Lipinski definition) is 1. The third-order valence-electron chi connectivity index (χ3n) is 3.65. The van der Waals surface area contributed by atoms with Crippen molar-refractivity contribution in [3.8, 4) is 11.8 Å². The van der Waals surface area contributed by atoms with Crippen LogP contribution in [0.5, 0.6) is 5.88 Å². The van der Waals surface area contributed by atoms with E-state index in [1.807, 2.05) is 31.2 Å². The minimum Gasteiger partial charge on any atom is -0.404 e. The number of carbonyl (C=O) groups excluding carboxylic acids is 1. The van der Waals surface area contributed by atoms with Gasteiger partial charge in [-0.2, -0.15) is 9.78 Å². The second-order valence-corrected chi connectivity index (χ2v) is 6.43. The van der Waals surface area contributed by atoms with Crippen molar-refractivity contribution in [3.63, 3.8) is 0 Å². The monoisotopic (exact) mass is 396 g/mol. The predicted molar refractivity (Wildman–Crippen MR) is 97.1 cm³/mol. The standard InChI is InChI=1S/C18H13BrN4O2/c1-11-10-16(25-17(24)12-6-8-13(19)9-7-12)23(22-11)18-20-14-4-2-3-5-15(14)21-18/h2-10H,1H3,(H,20,21). The van der Waals surface area contributed by atoms with Crippen molar-refractivity contribution in [2.24, 2.45) is 0 Å². The highest BCUT2D eigenvalue weighted by atomic mass is 79.9. The minimum atomic E-state index is -0.454. The fourth-order valence-corrected chi connectivity index (χ4v) is 2.74. The second-order valence-electron chi connectivity index (χ2n) is 5.51. The molecule has 0 unspecified atom stereocenters. The van der Waals surface area contributed by atoms with Crippen molar-refractivity contribution in [1.82, 2.24) is 19.7 Å². The quantitative estimate of drug-likeness (QED) is 0.530. The van der Waals surface area contributed by atoms with E-state index < -0.39 is 5.97 Å². The van der Waals surface area contributed by atoms with Gasteiger partial charge in [-0.3, -0.25) is 0 Å². The molecule has 0 fully saturated rings. The normalized spacial score (nSPS) is 11.0. The molecular weight excluding hydrogens is 384 g/mol. The minimum absolute atomic E-state index is 0.310. The van der Waals surface area contributed by atoms with Gasteiger partial charge in [0.05, 0.1) is 22.3 Å². The van der Waals surface area contributed by atoms with Gasteiger partial charge in [-0.1, -0.05) is 28.1 Å². The van der Waals surface area contributed by atoms with Crippen LogP contribution in [-0.4, -0.2) is 25.7 Å². The van der Waals surface area contributed by atoms with Crippen LogP contribution in [0.2, 0.25) is 0 Å². The molecule has 0 spiro atoms. The first kappa shape index (κ1) is 15.6. The van der Waals surface area contributed by atoms with Gasteiger partial charge in [0, 0.05) is 10.5 Å². The number of hydrogen-bond acceptors (Lipinski definition) is 4. The van der Waals surface area contributed by atoms with Gasteiger partial charge in [0.25, 0.3) is 0 Å². The Morgan fingerprint density at radius 2 is 1.92 bits per heavy atom.